The molecule has 0 aliphatic carbocycles. The smallest absolute Gasteiger partial charge is 0.241 e. The second-order valence-electron chi connectivity index (χ2n) is 6.75. The molecule has 0 fully saturated rings. The number of nitrogens with zero attached hydrogens (tertiary/aromatic N) is 3. The van der Waals surface area contributed by atoms with Crippen LogP contribution in [0, 0.1) is 0 Å². The Morgan fingerprint density at radius 3 is 2.81 bits per heavy atom. The molecule has 0 saturated heterocycles. The van der Waals surface area contributed by atoms with Crippen LogP contribution in [0.25, 0.3) is 21.8 Å². The van der Waals surface area contributed by atoms with E-state index < -0.39 is 0 Å². The zero-order valence-electron chi connectivity index (χ0n) is 15.3. The molecule has 3 aromatic rings. The highest BCUT2D eigenvalue weighted by molar-refractivity contribution is 7.19. The van der Waals surface area contributed by atoms with Crippen LogP contribution in [-0.2, 0) is 11.3 Å². The number of amides is 1. The van der Waals surface area contributed by atoms with Crippen LogP contribution < -0.4 is 16.0 Å². The van der Waals surface area contributed by atoms with Crippen LogP contribution in [0.5, 0.6) is 0 Å². The van der Waals surface area contributed by atoms with E-state index in [0.717, 1.165) is 33.1 Å². The summed E-state index contributed by atoms with van der Waals surface area (Å²) in [7, 11) is 0. The largest absolute Gasteiger partial charge is 0.375 e. The van der Waals surface area contributed by atoms with Crippen molar-refractivity contribution in [3.63, 3.8) is 0 Å². The average Bonchev–Trinajstić information content (AvgIpc) is 2.96. The lowest BCUT2D eigenvalue weighted by molar-refractivity contribution is -0.118. The van der Waals surface area contributed by atoms with Gasteiger partial charge in [0.2, 0.25) is 5.91 Å². The molecule has 6 nitrogen and oxygen atoms in total. The first kappa shape index (κ1) is 17.6. The van der Waals surface area contributed by atoms with Gasteiger partial charge in [-0.05, 0) is 43.7 Å². The Labute approximate surface area is 162 Å². The molecule has 0 unspecified atom stereocenters. The first-order chi connectivity index (χ1) is 13.0. The number of hydrogen-bond donors (Lipinski definition) is 2. The van der Waals surface area contributed by atoms with Crippen molar-refractivity contribution in [3.05, 3.63) is 48.2 Å². The number of aromatic nitrogens is 2. The molecule has 0 bridgehead atoms. The lowest BCUT2D eigenvalue weighted by Crippen LogP contribution is -2.40. The van der Waals surface area contributed by atoms with Crippen LogP contribution in [0.4, 0.5) is 10.8 Å². The number of nitrogens with two attached hydrogens (primary N) is 1. The van der Waals surface area contributed by atoms with E-state index in [1.165, 1.54) is 11.3 Å². The van der Waals surface area contributed by atoms with Gasteiger partial charge < -0.3 is 16.0 Å². The number of fused-ring (bicyclic) bond motifs is 1. The fourth-order valence-corrected chi connectivity index (χ4v) is 4.23. The highest BCUT2D eigenvalue weighted by atomic mass is 32.1. The Morgan fingerprint density at radius 1 is 1.22 bits per heavy atom. The molecule has 0 spiro atoms. The SMILES string of the molecule is CC(C)N1C(=O)CNCc2cc(-c3nc(N)sc3-c3ccccn3)ccc21. The number of nitrogens with one attached hydrogen (secondary N) is 1. The summed E-state index contributed by atoms with van der Waals surface area (Å²) in [5.74, 6) is 0.0866. The van der Waals surface area contributed by atoms with E-state index in [1.807, 2.05) is 49.1 Å². The van der Waals surface area contributed by atoms with Gasteiger partial charge in [0.25, 0.3) is 0 Å². The molecule has 2 aromatic heterocycles. The maximum absolute atomic E-state index is 12.4. The van der Waals surface area contributed by atoms with E-state index in [1.54, 1.807) is 6.20 Å². The van der Waals surface area contributed by atoms with Crippen LogP contribution in [-0.4, -0.2) is 28.5 Å². The van der Waals surface area contributed by atoms with Gasteiger partial charge in [0.05, 0.1) is 22.8 Å². The summed E-state index contributed by atoms with van der Waals surface area (Å²) in [6.07, 6.45) is 1.77. The van der Waals surface area contributed by atoms with Crippen LogP contribution in [0.15, 0.2) is 42.6 Å². The van der Waals surface area contributed by atoms with Gasteiger partial charge in [0.15, 0.2) is 5.13 Å². The summed E-state index contributed by atoms with van der Waals surface area (Å²) in [6.45, 7) is 5.03. The van der Waals surface area contributed by atoms with Crippen LogP contribution in [0.2, 0.25) is 0 Å². The molecule has 27 heavy (non-hydrogen) atoms. The number of benzene rings is 1. The van der Waals surface area contributed by atoms with Crippen LogP contribution in [0.1, 0.15) is 19.4 Å². The fourth-order valence-electron chi connectivity index (χ4n) is 3.40. The molecule has 0 radical (unpaired) electrons. The summed E-state index contributed by atoms with van der Waals surface area (Å²) in [4.78, 5) is 24.2. The predicted octanol–water partition coefficient (Wildman–Crippen LogP) is 3.30. The molecule has 138 valence electrons. The van der Waals surface area contributed by atoms with E-state index in [-0.39, 0.29) is 11.9 Å². The third-order valence-electron chi connectivity index (χ3n) is 4.53. The number of hydrogen-bond acceptors (Lipinski definition) is 6. The van der Waals surface area contributed by atoms with E-state index in [0.29, 0.717) is 18.2 Å². The Balaban J connectivity index is 1.82. The number of pyridine rings is 1. The molecule has 0 saturated carbocycles. The van der Waals surface area contributed by atoms with E-state index >= 15 is 0 Å². The summed E-state index contributed by atoms with van der Waals surface area (Å²) in [5.41, 5.74) is 10.7. The Hall–Kier alpha value is -2.77. The molecule has 0 atom stereocenters. The van der Waals surface area contributed by atoms with Crippen molar-refractivity contribution >= 4 is 28.1 Å². The summed E-state index contributed by atoms with van der Waals surface area (Å²) >= 11 is 1.43. The highest BCUT2D eigenvalue weighted by Crippen LogP contribution is 2.38. The molecule has 1 aliphatic heterocycles. The van der Waals surface area contributed by atoms with Gasteiger partial charge in [0.1, 0.15) is 0 Å². The lowest BCUT2D eigenvalue weighted by Gasteiger charge is -2.27. The zero-order valence-corrected chi connectivity index (χ0v) is 16.1. The molecule has 7 heteroatoms. The van der Waals surface area contributed by atoms with Crippen molar-refractivity contribution in [2.24, 2.45) is 0 Å². The van der Waals surface area contributed by atoms with E-state index in [4.69, 9.17) is 5.73 Å². The number of thiazole rings is 1. The van der Waals surface area contributed by atoms with E-state index in [9.17, 15) is 4.79 Å². The molecule has 1 aromatic carbocycles. The van der Waals surface area contributed by atoms with Crippen LogP contribution >= 0.6 is 11.3 Å². The molecular formula is C20H21N5OS. The minimum absolute atomic E-state index is 0.0866. The van der Waals surface area contributed by atoms with Gasteiger partial charge in [-0.15, -0.1) is 0 Å². The van der Waals surface area contributed by atoms with Gasteiger partial charge in [-0.25, -0.2) is 4.98 Å². The summed E-state index contributed by atoms with van der Waals surface area (Å²) in [5, 5.41) is 3.73. The fraction of sp³-hybridized carbons (Fsp3) is 0.250. The van der Waals surface area contributed by atoms with Crippen molar-refractivity contribution in [2.45, 2.75) is 26.4 Å². The average molecular weight is 379 g/mol. The maximum Gasteiger partial charge on any atom is 0.241 e. The molecule has 4 rings (SSSR count). The van der Waals surface area contributed by atoms with Crippen molar-refractivity contribution in [2.75, 3.05) is 17.2 Å². The minimum atomic E-state index is 0.0866. The summed E-state index contributed by atoms with van der Waals surface area (Å²) < 4.78 is 0. The van der Waals surface area contributed by atoms with Gasteiger partial charge in [-0.2, -0.15) is 0 Å². The third-order valence-corrected chi connectivity index (χ3v) is 5.44. The van der Waals surface area contributed by atoms with E-state index in [2.05, 4.69) is 21.4 Å². The first-order valence-electron chi connectivity index (χ1n) is 8.88. The maximum atomic E-state index is 12.4. The second kappa shape index (κ2) is 7.09. The van der Waals surface area contributed by atoms with Crippen molar-refractivity contribution in [1.82, 2.24) is 15.3 Å². The standard InChI is InChI=1S/C20H21N5OS/c1-12(2)25-16-7-6-13(9-14(16)10-22-11-17(25)26)18-19(27-20(21)24-18)15-5-3-4-8-23-15/h3-9,12,22H,10-11H2,1-2H3,(H2,21,24). The van der Waals surface area contributed by atoms with Crippen molar-refractivity contribution < 1.29 is 4.79 Å². The van der Waals surface area contributed by atoms with Crippen molar-refractivity contribution in [1.29, 1.82) is 0 Å². The van der Waals surface area contributed by atoms with Gasteiger partial charge in [-0.1, -0.05) is 23.5 Å². The lowest BCUT2D eigenvalue weighted by atomic mass is 10.0. The quantitative estimate of drug-likeness (QED) is 0.729. The number of nitrogen functional groups attached to an aromatic ring is 1. The monoisotopic (exact) mass is 379 g/mol. The molecule has 3 N–H and O–H groups in total. The Kier molecular flexibility index (Phi) is 4.63. The van der Waals surface area contributed by atoms with Gasteiger partial charge >= 0.3 is 0 Å². The molecule has 1 amide bonds. The van der Waals surface area contributed by atoms with Crippen LogP contribution in [0.3, 0.4) is 0 Å². The van der Waals surface area contributed by atoms with Crippen molar-refractivity contribution in [3.8, 4) is 21.8 Å². The second-order valence-corrected chi connectivity index (χ2v) is 7.78. The Morgan fingerprint density at radius 2 is 2.07 bits per heavy atom. The third kappa shape index (κ3) is 3.31. The number of rotatable bonds is 3. The highest BCUT2D eigenvalue weighted by Gasteiger charge is 2.25. The predicted molar refractivity (Wildman–Crippen MR) is 110 cm³/mol. The number of anilines is 2. The Bertz CT molecular complexity index is 983. The van der Waals surface area contributed by atoms with Gasteiger partial charge in [-0.3, -0.25) is 9.78 Å². The molecular weight excluding hydrogens is 358 g/mol. The molecule has 1 aliphatic rings. The summed E-state index contributed by atoms with van der Waals surface area (Å²) in [6, 6.07) is 12.0. The zero-order chi connectivity index (χ0) is 19.0. The normalized spacial score (nSPS) is 14.3. The number of carbonyl (C=O) groups excluding carboxylic acids is 1. The minimum Gasteiger partial charge on any atom is -0.375 e. The number of carbonyl (C=O) groups is 1. The van der Waals surface area contributed by atoms with Gasteiger partial charge in [0, 0.05) is 30.0 Å². The first-order valence-corrected chi connectivity index (χ1v) is 9.70. The topological polar surface area (TPSA) is 84.1 Å². The molecule has 3 heterocycles.